The standard InChI is InChI=1S/C20H16ClNO4/c1-11-6-19(23)26-18-9-15(3-4-16(11)18)22-20(24)13-7-12-8-14(21)2-5-17(12)25-10-13/h2-6,8-9,13H,7,10H2,1H3,(H,22,24)/t13-/m1/s1. The van der Waals surface area contributed by atoms with Gasteiger partial charge in [-0.2, -0.15) is 0 Å². The number of carbonyl (C=O) groups is 1. The molecule has 26 heavy (non-hydrogen) atoms. The molecule has 2 heterocycles. The molecule has 0 saturated carbocycles. The molecule has 1 aliphatic rings. The summed E-state index contributed by atoms with van der Waals surface area (Å²) in [6.45, 7) is 2.15. The third-order valence-corrected chi connectivity index (χ3v) is 4.75. The number of anilines is 1. The third-order valence-electron chi connectivity index (χ3n) is 4.52. The van der Waals surface area contributed by atoms with Crippen molar-refractivity contribution in [2.45, 2.75) is 13.3 Å². The van der Waals surface area contributed by atoms with Crippen LogP contribution in [-0.2, 0) is 11.2 Å². The number of carbonyl (C=O) groups excluding carboxylic acids is 1. The molecule has 0 bridgehead atoms. The Bertz CT molecular complexity index is 1070. The van der Waals surface area contributed by atoms with E-state index in [0.717, 1.165) is 22.3 Å². The average Bonchev–Trinajstić information content (AvgIpc) is 2.60. The van der Waals surface area contributed by atoms with Crippen LogP contribution in [-0.4, -0.2) is 12.5 Å². The summed E-state index contributed by atoms with van der Waals surface area (Å²) >= 11 is 6.02. The van der Waals surface area contributed by atoms with Crippen molar-refractivity contribution in [2.75, 3.05) is 11.9 Å². The largest absolute Gasteiger partial charge is 0.492 e. The fourth-order valence-corrected chi connectivity index (χ4v) is 3.37. The monoisotopic (exact) mass is 369 g/mol. The summed E-state index contributed by atoms with van der Waals surface area (Å²) in [4.78, 5) is 24.2. The van der Waals surface area contributed by atoms with Gasteiger partial charge >= 0.3 is 5.63 Å². The lowest BCUT2D eigenvalue weighted by Gasteiger charge is -2.24. The van der Waals surface area contributed by atoms with Crippen molar-refractivity contribution in [3.8, 4) is 5.75 Å². The summed E-state index contributed by atoms with van der Waals surface area (Å²) in [7, 11) is 0. The summed E-state index contributed by atoms with van der Waals surface area (Å²) in [5, 5.41) is 4.33. The predicted molar refractivity (Wildman–Crippen MR) is 100.0 cm³/mol. The Morgan fingerprint density at radius 3 is 2.88 bits per heavy atom. The maximum absolute atomic E-state index is 12.6. The van der Waals surface area contributed by atoms with Gasteiger partial charge in [0.25, 0.3) is 0 Å². The Labute approximate surface area is 154 Å². The van der Waals surface area contributed by atoms with E-state index in [1.54, 1.807) is 18.2 Å². The van der Waals surface area contributed by atoms with Crippen LogP contribution in [0, 0.1) is 12.8 Å². The normalized spacial score (nSPS) is 16.0. The van der Waals surface area contributed by atoms with Gasteiger partial charge in [-0.25, -0.2) is 4.79 Å². The number of benzene rings is 2. The van der Waals surface area contributed by atoms with Gasteiger partial charge in [-0.05, 0) is 54.8 Å². The highest BCUT2D eigenvalue weighted by atomic mass is 35.5. The van der Waals surface area contributed by atoms with E-state index in [-0.39, 0.29) is 11.8 Å². The van der Waals surface area contributed by atoms with Gasteiger partial charge in [-0.1, -0.05) is 11.6 Å². The smallest absolute Gasteiger partial charge is 0.336 e. The van der Waals surface area contributed by atoms with E-state index in [4.69, 9.17) is 20.8 Å². The highest BCUT2D eigenvalue weighted by Gasteiger charge is 2.26. The molecular weight excluding hydrogens is 354 g/mol. The molecule has 1 atom stereocenters. The number of fused-ring (bicyclic) bond motifs is 2. The summed E-state index contributed by atoms with van der Waals surface area (Å²) in [6, 6.07) is 12.1. The van der Waals surface area contributed by atoms with Crippen LogP contribution in [0.1, 0.15) is 11.1 Å². The van der Waals surface area contributed by atoms with Gasteiger partial charge in [-0.3, -0.25) is 4.79 Å². The molecule has 6 heteroatoms. The van der Waals surface area contributed by atoms with Crippen molar-refractivity contribution < 1.29 is 13.9 Å². The van der Waals surface area contributed by atoms with E-state index in [1.807, 2.05) is 25.1 Å². The Morgan fingerprint density at radius 1 is 1.19 bits per heavy atom. The van der Waals surface area contributed by atoms with Crippen molar-refractivity contribution in [3.63, 3.8) is 0 Å². The third kappa shape index (κ3) is 3.18. The molecule has 0 fully saturated rings. The number of amides is 1. The number of halogens is 1. The maximum atomic E-state index is 12.6. The van der Waals surface area contributed by atoms with E-state index in [9.17, 15) is 9.59 Å². The molecule has 0 saturated heterocycles. The minimum Gasteiger partial charge on any atom is -0.492 e. The number of ether oxygens (including phenoxy) is 1. The van der Waals surface area contributed by atoms with Crippen LogP contribution in [0.2, 0.25) is 5.02 Å². The highest BCUT2D eigenvalue weighted by molar-refractivity contribution is 6.30. The van der Waals surface area contributed by atoms with Gasteiger partial charge in [0.15, 0.2) is 0 Å². The number of aryl methyl sites for hydroxylation is 1. The number of hydrogen-bond acceptors (Lipinski definition) is 4. The van der Waals surface area contributed by atoms with Gasteiger partial charge in [0.05, 0.1) is 5.92 Å². The van der Waals surface area contributed by atoms with Crippen LogP contribution < -0.4 is 15.7 Å². The van der Waals surface area contributed by atoms with Gasteiger partial charge in [0.1, 0.15) is 17.9 Å². The molecular formula is C20H16ClNO4. The molecule has 0 radical (unpaired) electrons. The Balaban J connectivity index is 1.55. The summed E-state index contributed by atoms with van der Waals surface area (Å²) in [6.07, 6.45) is 0.559. The molecule has 1 amide bonds. The predicted octanol–water partition coefficient (Wildman–Crippen LogP) is 3.94. The highest BCUT2D eigenvalue weighted by Crippen LogP contribution is 2.30. The lowest BCUT2D eigenvalue weighted by molar-refractivity contribution is -0.121. The molecule has 2 aromatic carbocycles. The van der Waals surface area contributed by atoms with Crippen LogP contribution in [0.5, 0.6) is 5.75 Å². The van der Waals surface area contributed by atoms with Crippen molar-refractivity contribution in [2.24, 2.45) is 5.92 Å². The Morgan fingerprint density at radius 2 is 2.04 bits per heavy atom. The quantitative estimate of drug-likeness (QED) is 0.694. The zero-order valence-electron chi connectivity index (χ0n) is 14.0. The summed E-state index contributed by atoms with van der Waals surface area (Å²) < 4.78 is 10.9. The van der Waals surface area contributed by atoms with Crippen LogP contribution in [0.25, 0.3) is 11.0 Å². The first-order valence-corrected chi connectivity index (χ1v) is 8.64. The Kier molecular flexibility index (Phi) is 4.17. The molecule has 0 aliphatic carbocycles. The zero-order chi connectivity index (χ0) is 18.3. The van der Waals surface area contributed by atoms with Gasteiger partial charge in [-0.15, -0.1) is 0 Å². The first-order chi connectivity index (χ1) is 12.5. The van der Waals surface area contributed by atoms with Crippen molar-refractivity contribution in [1.29, 1.82) is 0 Å². The molecule has 4 rings (SSSR count). The van der Waals surface area contributed by atoms with Crippen LogP contribution in [0.15, 0.2) is 51.7 Å². The van der Waals surface area contributed by atoms with Crippen LogP contribution >= 0.6 is 11.6 Å². The molecule has 0 unspecified atom stereocenters. The fourth-order valence-electron chi connectivity index (χ4n) is 3.18. The average molecular weight is 370 g/mol. The van der Waals surface area contributed by atoms with Gasteiger partial charge in [0.2, 0.25) is 5.91 Å². The molecule has 1 aromatic heterocycles. The van der Waals surface area contributed by atoms with E-state index in [1.165, 1.54) is 6.07 Å². The topological polar surface area (TPSA) is 68.5 Å². The van der Waals surface area contributed by atoms with E-state index in [0.29, 0.717) is 29.3 Å². The summed E-state index contributed by atoms with van der Waals surface area (Å²) in [5.41, 5.74) is 2.37. The zero-order valence-corrected chi connectivity index (χ0v) is 14.8. The minimum atomic E-state index is -0.410. The van der Waals surface area contributed by atoms with E-state index in [2.05, 4.69) is 5.32 Å². The van der Waals surface area contributed by atoms with Crippen molar-refractivity contribution in [3.05, 3.63) is 69.0 Å². The minimum absolute atomic E-state index is 0.148. The number of nitrogens with one attached hydrogen (secondary N) is 1. The maximum Gasteiger partial charge on any atom is 0.336 e. The van der Waals surface area contributed by atoms with Crippen molar-refractivity contribution in [1.82, 2.24) is 0 Å². The van der Waals surface area contributed by atoms with E-state index >= 15 is 0 Å². The summed E-state index contributed by atoms with van der Waals surface area (Å²) in [5.74, 6) is 0.299. The first kappa shape index (κ1) is 16.7. The second kappa shape index (κ2) is 6.50. The molecule has 3 aromatic rings. The van der Waals surface area contributed by atoms with Gasteiger partial charge in [0, 0.05) is 28.2 Å². The number of hydrogen-bond donors (Lipinski definition) is 1. The second-order valence-corrected chi connectivity index (χ2v) is 6.85. The lowest BCUT2D eigenvalue weighted by Crippen LogP contribution is -2.32. The van der Waals surface area contributed by atoms with Crippen LogP contribution in [0.3, 0.4) is 0 Å². The number of rotatable bonds is 2. The second-order valence-electron chi connectivity index (χ2n) is 6.41. The first-order valence-electron chi connectivity index (χ1n) is 8.26. The van der Waals surface area contributed by atoms with E-state index < -0.39 is 5.63 Å². The molecule has 1 N–H and O–H groups in total. The molecule has 5 nitrogen and oxygen atoms in total. The SMILES string of the molecule is Cc1cc(=O)oc2cc(NC(=O)[C@H]3COc4ccc(Cl)cc4C3)ccc12. The van der Waals surface area contributed by atoms with Crippen LogP contribution in [0.4, 0.5) is 5.69 Å². The Hall–Kier alpha value is -2.79. The molecule has 132 valence electrons. The molecule has 0 spiro atoms. The fraction of sp³-hybridized carbons (Fsp3) is 0.200. The lowest BCUT2D eigenvalue weighted by atomic mass is 9.96. The van der Waals surface area contributed by atoms with Gasteiger partial charge < -0.3 is 14.5 Å². The van der Waals surface area contributed by atoms with Crippen molar-refractivity contribution >= 4 is 34.2 Å². The molecule has 1 aliphatic heterocycles.